The molecular formula is C30H27BrF4N2O8S2. The van der Waals surface area contributed by atoms with Gasteiger partial charge in [-0.2, -0.15) is 0 Å². The summed E-state index contributed by atoms with van der Waals surface area (Å²) in [5, 5.41) is 0.281. The minimum Gasteiger partial charge on any atom is -0.468 e. The molecule has 0 bridgehead atoms. The number of methoxy groups -OCH3 is 2. The number of carbonyl (C=O) groups excluding carboxylic acids is 2. The molecule has 0 aliphatic rings. The maximum absolute atomic E-state index is 13.0. The van der Waals surface area contributed by atoms with Gasteiger partial charge in [0.15, 0.2) is 0 Å². The van der Waals surface area contributed by atoms with Crippen LogP contribution < -0.4 is 9.03 Å². The number of sulfonamides is 2. The number of nitrogens with one attached hydrogen (secondary N) is 1. The quantitative estimate of drug-likeness (QED) is 0.131. The summed E-state index contributed by atoms with van der Waals surface area (Å²) in [6.45, 7) is -0.595. The lowest BCUT2D eigenvalue weighted by atomic mass is 10.3. The highest BCUT2D eigenvalue weighted by Crippen LogP contribution is 2.24. The molecule has 0 aliphatic carbocycles. The van der Waals surface area contributed by atoms with E-state index >= 15 is 0 Å². The van der Waals surface area contributed by atoms with E-state index in [1.165, 1.54) is 31.4 Å². The smallest absolute Gasteiger partial charge is 0.326 e. The number of carbonyl (C=O) groups is 2. The first-order valence-corrected chi connectivity index (χ1v) is 16.9. The Kier molecular flexibility index (Phi) is 14.8. The molecule has 10 nitrogen and oxygen atoms in total. The van der Waals surface area contributed by atoms with Crippen LogP contribution in [-0.4, -0.2) is 54.9 Å². The SMILES string of the molecule is COC(=O)CBr.COC(=O)CN(c1ccc(F)cc1)S(=O)(=O)c1ccc(F)cc1.O=S(=O)(Nc1ccc(F)cc1)c1ccc(F)cc1. The number of anilines is 2. The zero-order chi connectivity index (χ0) is 35.2. The zero-order valence-corrected chi connectivity index (χ0v) is 27.8. The van der Waals surface area contributed by atoms with Gasteiger partial charge in [-0.3, -0.25) is 18.6 Å². The summed E-state index contributed by atoms with van der Waals surface area (Å²) >= 11 is 2.90. The van der Waals surface area contributed by atoms with Crippen LogP contribution in [0.1, 0.15) is 0 Å². The zero-order valence-electron chi connectivity index (χ0n) is 24.6. The van der Waals surface area contributed by atoms with Crippen LogP contribution in [0.15, 0.2) is 107 Å². The van der Waals surface area contributed by atoms with Gasteiger partial charge in [-0.25, -0.2) is 34.4 Å². The Bertz CT molecular complexity index is 1820. The molecule has 0 radical (unpaired) electrons. The average Bonchev–Trinajstić information content (AvgIpc) is 3.05. The number of ether oxygens (including phenoxy) is 2. The number of rotatable bonds is 9. The van der Waals surface area contributed by atoms with Crippen molar-refractivity contribution in [3.63, 3.8) is 0 Å². The second-order valence-corrected chi connectivity index (χ2v) is 12.9. The summed E-state index contributed by atoms with van der Waals surface area (Å²) in [5.74, 6) is -3.15. The van der Waals surface area contributed by atoms with Crippen LogP contribution in [0.3, 0.4) is 0 Å². The van der Waals surface area contributed by atoms with Gasteiger partial charge in [-0.05, 0) is 97.1 Å². The summed E-state index contributed by atoms with van der Waals surface area (Å²) in [6.07, 6.45) is 0. The van der Waals surface area contributed by atoms with E-state index < -0.39 is 55.8 Å². The molecule has 0 amide bonds. The minimum absolute atomic E-state index is 0.0618. The van der Waals surface area contributed by atoms with Gasteiger partial charge in [0.05, 0.1) is 29.7 Å². The Hall–Kier alpha value is -4.48. The van der Waals surface area contributed by atoms with Crippen molar-refractivity contribution in [2.45, 2.75) is 9.79 Å². The summed E-state index contributed by atoms with van der Waals surface area (Å²) < 4.78 is 112. The van der Waals surface area contributed by atoms with Crippen molar-refractivity contribution in [3.05, 3.63) is 120 Å². The maximum atomic E-state index is 13.0. The van der Waals surface area contributed by atoms with E-state index in [0.717, 1.165) is 84.2 Å². The Balaban J connectivity index is 0.000000284. The van der Waals surface area contributed by atoms with Crippen molar-refractivity contribution in [2.75, 3.05) is 35.1 Å². The number of hydrogen-bond acceptors (Lipinski definition) is 8. The van der Waals surface area contributed by atoms with Crippen LogP contribution in [0.4, 0.5) is 28.9 Å². The first-order valence-electron chi connectivity index (χ1n) is 12.9. The molecule has 17 heteroatoms. The van der Waals surface area contributed by atoms with E-state index in [4.69, 9.17) is 0 Å². The summed E-state index contributed by atoms with van der Waals surface area (Å²) in [4.78, 5) is 21.2. The third kappa shape index (κ3) is 12.3. The lowest BCUT2D eigenvalue weighted by molar-refractivity contribution is -0.139. The molecule has 0 unspecified atom stereocenters. The van der Waals surface area contributed by atoms with Crippen molar-refractivity contribution in [1.82, 2.24) is 0 Å². The van der Waals surface area contributed by atoms with Crippen LogP contribution in [0, 0.1) is 23.3 Å². The summed E-state index contributed by atoms with van der Waals surface area (Å²) in [5.41, 5.74) is 0.321. The van der Waals surface area contributed by atoms with Crippen LogP contribution in [-0.2, 0) is 39.1 Å². The molecule has 0 aromatic heterocycles. The second kappa shape index (κ2) is 18.0. The second-order valence-electron chi connectivity index (χ2n) is 8.79. The molecule has 0 aliphatic heterocycles. The molecule has 4 aromatic rings. The Morgan fingerprint density at radius 1 is 0.638 bits per heavy atom. The first kappa shape index (κ1) is 38.7. The average molecular weight is 764 g/mol. The number of halogens is 5. The third-order valence-corrected chi connectivity index (χ3v) is 9.22. The van der Waals surface area contributed by atoms with Gasteiger partial charge in [-0.1, -0.05) is 15.9 Å². The Labute approximate surface area is 277 Å². The number of alkyl halides is 1. The van der Waals surface area contributed by atoms with Crippen molar-refractivity contribution in [3.8, 4) is 0 Å². The summed E-state index contributed by atoms with van der Waals surface area (Å²) in [6, 6.07) is 18.0. The predicted octanol–water partition coefficient (Wildman–Crippen LogP) is 5.65. The Morgan fingerprint density at radius 3 is 1.40 bits per heavy atom. The van der Waals surface area contributed by atoms with E-state index in [-0.39, 0.29) is 32.5 Å². The van der Waals surface area contributed by atoms with E-state index in [1.807, 2.05) is 0 Å². The predicted molar refractivity (Wildman–Crippen MR) is 169 cm³/mol. The van der Waals surface area contributed by atoms with Crippen molar-refractivity contribution < 1.29 is 53.5 Å². The lowest BCUT2D eigenvalue weighted by Gasteiger charge is -2.23. The molecule has 0 saturated carbocycles. The molecule has 0 fully saturated rings. The maximum Gasteiger partial charge on any atom is 0.326 e. The van der Waals surface area contributed by atoms with Gasteiger partial charge >= 0.3 is 11.9 Å². The van der Waals surface area contributed by atoms with Crippen LogP contribution in [0.25, 0.3) is 0 Å². The van der Waals surface area contributed by atoms with Crippen molar-refractivity contribution in [1.29, 1.82) is 0 Å². The minimum atomic E-state index is -4.15. The number of esters is 2. The van der Waals surface area contributed by atoms with Crippen LogP contribution in [0.5, 0.6) is 0 Å². The fraction of sp³-hybridized carbons (Fsp3) is 0.133. The molecule has 0 spiro atoms. The largest absolute Gasteiger partial charge is 0.468 e. The molecule has 252 valence electrons. The molecule has 47 heavy (non-hydrogen) atoms. The van der Waals surface area contributed by atoms with Gasteiger partial charge in [0, 0.05) is 5.69 Å². The highest BCUT2D eigenvalue weighted by atomic mass is 79.9. The number of hydrogen-bond donors (Lipinski definition) is 1. The first-order chi connectivity index (χ1) is 22.1. The van der Waals surface area contributed by atoms with Gasteiger partial charge in [-0.15, -0.1) is 0 Å². The molecular weight excluding hydrogens is 736 g/mol. The monoisotopic (exact) mass is 762 g/mol. The normalized spacial score (nSPS) is 10.7. The molecule has 0 atom stereocenters. The standard InChI is InChI=1S/C15H13F2NO4S.C12H9F2NO2S.C3H5BrO2/c1-22-15(19)10-18(13-6-2-11(16)3-7-13)23(20,21)14-8-4-12(17)5-9-14;13-9-1-5-11(6-2-9)15-18(16,17)12-7-3-10(14)4-8-12;1-6-3(5)2-4/h2-9H,10H2,1H3;1-8,15H;2H2,1H3. The molecule has 0 heterocycles. The van der Waals surface area contributed by atoms with Crippen molar-refractivity contribution >= 4 is 59.3 Å². The number of benzene rings is 4. The molecule has 4 aromatic carbocycles. The third-order valence-electron chi connectivity index (χ3n) is 5.57. The van der Waals surface area contributed by atoms with E-state index in [2.05, 4.69) is 30.1 Å². The van der Waals surface area contributed by atoms with E-state index in [1.54, 1.807) is 0 Å². The molecule has 1 N–H and O–H groups in total. The fourth-order valence-electron chi connectivity index (χ4n) is 3.24. The number of nitrogens with zero attached hydrogens (tertiary/aromatic N) is 1. The molecule has 0 saturated heterocycles. The highest BCUT2D eigenvalue weighted by molar-refractivity contribution is 9.09. The van der Waals surface area contributed by atoms with Gasteiger partial charge in [0.1, 0.15) is 35.1 Å². The van der Waals surface area contributed by atoms with E-state index in [9.17, 15) is 44.0 Å². The van der Waals surface area contributed by atoms with Crippen LogP contribution >= 0.6 is 15.9 Å². The topological polar surface area (TPSA) is 136 Å². The van der Waals surface area contributed by atoms with Gasteiger partial charge in [0.25, 0.3) is 20.0 Å². The highest BCUT2D eigenvalue weighted by Gasteiger charge is 2.27. The lowest BCUT2D eigenvalue weighted by Crippen LogP contribution is -2.36. The fourth-order valence-corrected chi connectivity index (χ4v) is 5.93. The van der Waals surface area contributed by atoms with Crippen molar-refractivity contribution in [2.24, 2.45) is 0 Å². The van der Waals surface area contributed by atoms with E-state index in [0.29, 0.717) is 0 Å². The van der Waals surface area contributed by atoms with Crippen LogP contribution in [0.2, 0.25) is 0 Å². The van der Waals surface area contributed by atoms with Gasteiger partial charge in [0.2, 0.25) is 0 Å². The molecule has 4 rings (SSSR count). The summed E-state index contributed by atoms with van der Waals surface area (Å²) in [7, 11) is -5.46. The van der Waals surface area contributed by atoms with Gasteiger partial charge < -0.3 is 9.47 Å². The Morgan fingerprint density at radius 2 is 1.02 bits per heavy atom.